The Kier molecular flexibility index (Phi) is 4.77. The fourth-order valence-electron chi connectivity index (χ4n) is 1.08. The van der Waals surface area contributed by atoms with Crippen molar-refractivity contribution >= 4 is 23.1 Å². The largest absolute Gasteiger partial charge is 0.308 e. The van der Waals surface area contributed by atoms with Gasteiger partial charge < -0.3 is 5.32 Å². The van der Waals surface area contributed by atoms with Crippen LogP contribution in [0.3, 0.4) is 0 Å². The standard InChI is InChI=1S/C9H16N2S2/c1-7(5-12-3)10-4-9-6-13-8(2)11-9/h6-7,10H,4-5H2,1-3H3. The van der Waals surface area contributed by atoms with E-state index in [1.807, 2.05) is 18.7 Å². The molecule has 0 fully saturated rings. The lowest BCUT2D eigenvalue weighted by Crippen LogP contribution is -2.27. The van der Waals surface area contributed by atoms with Gasteiger partial charge in [0.2, 0.25) is 0 Å². The van der Waals surface area contributed by atoms with Gasteiger partial charge in [-0.2, -0.15) is 11.8 Å². The summed E-state index contributed by atoms with van der Waals surface area (Å²) in [5, 5.41) is 6.70. The molecular formula is C9H16N2S2. The Morgan fingerprint density at radius 2 is 2.46 bits per heavy atom. The van der Waals surface area contributed by atoms with Crippen LogP contribution in [-0.2, 0) is 6.54 Å². The third-order valence-corrected chi connectivity index (χ3v) is 3.37. The Morgan fingerprint density at radius 3 is 3.00 bits per heavy atom. The highest BCUT2D eigenvalue weighted by Gasteiger charge is 2.01. The Labute approximate surface area is 88.2 Å². The molecule has 4 heteroatoms. The number of thioether (sulfide) groups is 1. The zero-order valence-electron chi connectivity index (χ0n) is 8.33. The maximum Gasteiger partial charge on any atom is 0.0897 e. The van der Waals surface area contributed by atoms with Gasteiger partial charge in [0.15, 0.2) is 0 Å². The summed E-state index contributed by atoms with van der Waals surface area (Å²) in [4.78, 5) is 4.39. The van der Waals surface area contributed by atoms with E-state index < -0.39 is 0 Å². The van der Waals surface area contributed by atoms with Crippen molar-refractivity contribution in [2.75, 3.05) is 12.0 Å². The summed E-state index contributed by atoms with van der Waals surface area (Å²) in [7, 11) is 0. The van der Waals surface area contributed by atoms with Crippen molar-refractivity contribution < 1.29 is 0 Å². The number of thiazole rings is 1. The van der Waals surface area contributed by atoms with Gasteiger partial charge in [0, 0.05) is 23.7 Å². The van der Waals surface area contributed by atoms with E-state index in [4.69, 9.17) is 0 Å². The minimum Gasteiger partial charge on any atom is -0.308 e. The van der Waals surface area contributed by atoms with Crippen LogP contribution in [0.4, 0.5) is 0 Å². The van der Waals surface area contributed by atoms with Gasteiger partial charge in [-0.05, 0) is 20.1 Å². The Morgan fingerprint density at radius 1 is 1.69 bits per heavy atom. The molecule has 1 rings (SSSR count). The quantitative estimate of drug-likeness (QED) is 0.817. The predicted octanol–water partition coefficient (Wildman–Crippen LogP) is 2.29. The number of nitrogens with one attached hydrogen (secondary N) is 1. The van der Waals surface area contributed by atoms with Crippen LogP contribution in [0.1, 0.15) is 17.6 Å². The molecule has 0 aliphatic carbocycles. The summed E-state index contributed by atoms with van der Waals surface area (Å²) in [6, 6.07) is 0.567. The second-order valence-corrected chi connectivity index (χ2v) is 5.07. The van der Waals surface area contributed by atoms with Crippen LogP contribution in [0.2, 0.25) is 0 Å². The smallest absolute Gasteiger partial charge is 0.0897 e. The van der Waals surface area contributed by atoms with Crippen molar-refractivity contribution in [3.8, 4) is 0 Å². The highest BCUT2D eigenvalue weighted by atomic mass is 32.2. The number of rotatable bonds is 5. The molecule has 0 aliphatic heterocycles. The fraction of sp³-hybridized carbons (Fsp3) is 0.667. The molecule has 1 aromatic heterocycles. The first-order chi connectivity index (χ1) is 6.22. The van der Waals surface area contributed by atoms with Crippen molar-refractivity contribution in [1.29, 1.82) is 0 Å². The first kappa shape index (κ1) is 11.0. The number of aromatic nitrogens is 1. The molecule has 1 aromatic rings. The van der Waals surface area contributed by atoms with E-state index >= 15 is 0 Å². The van der Waals surface area contributed by atoms with Gasteiger partial charge >= 0.3 is 0 Å². The van der Waals surface area contributed by atoms with Gasteiger partial charge in [0.25, 0.3) is 0 Å². The SMILES string of the molecule is CSCC(C)NCc1csc(C)n1. The van der Waals surface area contributed by atoms with Crippen molar-refractivity contribution in [2.45, 2.75) is 26.4 Å². The second kappa shape index (κ2) is 5.62. The predicted molar refractivity (Wildman–Crippen MR) is 61.5 cm³/mol. The van der Waals surface area contributed by atoms with Gasteiger partial charge in [-0.3, -0.25) is 0 Å². The molecule has 0 amide bonds. The van der Waals surface area contributed by atoms with Gasteiger partial charge in [0.1, 0.15) is 0 Å². The molecule has 0 spiro atoms. The third-order valence-electron chi connectivity index (χ3n) is 1.71. The molecule has 0 saturated carbocycles. The van der Waals surface area contributed by atoms with Crippen LogP contribution in [0.15, 0.2) is 5.38 Å². The monoisotopic (exact) mass is 216 g/mol. The van der Waals surface area contributed by atoms with E-state index in [1.165, 1.54) is 0 Å². The molecule has 2 nitrogen and oxygen atoms in total. The van der Waals surface area contributed by atoms with Crippen molar-refractivity contribution in [3.05, 3.63) is 16.1 Å². The number of hydrogen-bond acceptors (Lipinski definition) is 4. The van der Waals surface area contributed by atoms with Crippen LogP contribution >= 0.6 is 23.1 Å². The van der Waals surface area contributed by atoms with Gasteiger partial charge in [0.05, 0.1) is 10.7 Å². The molecule has 74 valence electrons. The van der Waals surface area contributed by atoms with E-state index in [9.17, 15) is 0 Å². The maximum atomic E-state index is 4.39. The first-order valence-electron chi connectivity index (χ1n) is 4.35. The normalized spacial score (nSPS) is 13.2. The highest BCUT2D eigenvalue weighted by Crippen LogP contribution is 2.07. The van der Waals surface area contributed by atoms with E-state index in [0.717, 1.165) is 23.0 Å². The molecule has 0 saturated heterocycles. The van der Waals surface area contributed by atoms with Gasteiger partial charge in [-0.15, -0.1) is 11.3 Å². The number of hydrogen-bond donors (Lipinski definition) is 1. The van der Waals surface area contributed by atoms with Crippen molar-refractivity contribution in [3.63, 3.8) is 0 Å². The molecule has 13 heavy (non-hydrogen) atoms. The zero-order valence-corrected chi connectivity index (χ0v) is 9.97. The van der Waals surface area contributed by atoms with Gasteiger partial charge in [-0.25, -0.2) is 4.98 Å². The minimum atomic E-state index is 0.567. The average Bonchev–Trinajstić information content (AvgIpc) is 2.49. The summed E-state index contributed by atoms with van der Waals surface area (Å²) in [6.45, 7) is 5.14. The van der Waals surface area contributed by atoms with Crippen LogP contribution in [0.25, 0.3) is 0 Å². The first-order valence-corrected chi connectivity index (χ1v) is 6.63. The summed E-state index contributed by atoms with van der Waals surface area (Å²) in [5.74, 6) is 1.16. The maximum absolute atomic E-state index is 4.39. The van der Waals surface area contributed by atoms with E-state index in [2.05, 4.69) is 28.9 Å². The van der Waals surface area contributed by atoms with E-state index in [0.29, 0.717) is 6.04 Å². The van der Waals surface area contributed by atoms with Crippen molar-refractivity contribution in [2.24, 2.45) is 0 Å². The topological polar surface area (TPSA) is 24.9 Å². The zero-order chi connectivity index (χ0) is 9.68. The molecule has 0 aliphatic rings. The van der Waals surface area contributed by atoms with E-state index in [1.54, 1.807) is 11.3 Å². The summed E-state index contributed by atoms with van der Waals surface area (Å²) in [5.41, 5.74) is 1.16. The lowest BCUT2D eigenvalue weighted by molar-refractivity contribution is 0.589. The second-order valence-electron chi connectivity index (χ2n) is 3.10. The Hall–Kier alpha value is -0.0600. The number of aryl methyl sites for hydroxylation is 1. The molecule has 0 radical (unpaired) electrons. The molecule has 0 aromatic carbocycles. The van der Waals surface area contributed by atoms with E-state index in [-0.39, 0.29) is 0 Å². The molecule has 1 unspecified atom stereocenters. The molecule has 1 N–H and O–H groups in total. The minimum absolute atomic E-state index is 0.567. The molecular weight excluding hydrogens is 200 g/mol. The number of nitrogens with zero attached hydrogens (tertiary/aromatic N) is 1. The molecule has 1 heterocycles. The molecule has 1 atom stereocenters. The van der Waals surface area contributed by atoms with Crippen LogP contribution in [-0.4, -0.2) is 23.0 Å². The Balaban J connectivity index is 2.26. The summed E-state index contributed by atoms with van der Waals surface area (Å²) >= 11 is 3.58. The highest BCUT2D eigenvalue weighted by molar-refractivity contribution is 7.98. The van der Waals surface area contributed by atoms with Crippen molar-refractivity contribution in [1.82, 2.24) is 10.3 Å². The van der Waals surface area contributed by atoms with Crippen LogP contribution in [0.5, 0.6) is 0 Å². The Bertz CT molecular complexity index is 248. The van der Waals surface area contributed by atoms with Crippen LogP contribution < -0.4 is 5.32 Å². The van der Waals surface area contributed by atoms with Crippen LogP contribution in [0, 0.1) is 6.92 Å². The van der Waals surface area contributed by atoms with Gasteiger partial charge in [-0.1, -0.05) is 0 Å². The third kappa shape index (κ3) is 4.11. The molecule has 0 bridgehead atoms. The lowest BCUT2D eigenvalue weighted by atomic mass is 10.3. The fourth-order valence-corrected chi connectivity index (χ4v) is 2.31. The summed E-state index contributed by atoms with van der Waals surface area (Å²) in [6.07, 6.45) is 2.13. The average molecular weight is 216 g/mol. The lowest BCUT2D eigenvalue weighted by Gasteiger charge is -2.10. The summed E-state index contributed by atoms with van der Waals surface area (Å²) < 4.78 is 0.